The normalized spacial score (nSPS) is 16.1. The number of aliphatic imine (C=N–C) groups is 1. The fraction of sp³-hybridized carbons (Fsp3) is 0.111. The van der Waals surface area contributed by atoms with E-state index in [2.05, 4.69) is 17.1 Å². The standard InChI is InChI=1S/C18H15NOS2/c1-13-7-9-14(10-8-13)11-16-17(20)22-18(19-16)21-12-15-5-3-2-4-6-15/h2-11H,12H2,1H3/b16-11-. The van der Waals surface area contributed by atoms with Crippen molar-refractivity contribution < 1.29 is 4.79 Å². The quantitative estimate of drug-likeness (QED) is 0.752. The third-order valence-corrected chi connectivity index (χ3v) is 5.27. The van der Waals surface area contributed by atoms with Crippen molar-refractivity contribution in [3.05, 3.63) is 77.0 Å². The molecule has 110 valence electrons. The second-order valence-electron chi connectivity index (χ2n) is 4.98. The van der Waals surface area contributed by atoms with Crippen molar-refractivity contribution in [3.63, 3.8) is 0 Å². The van der Waals surface area contributed by atoms with Gasteiger partial charge in [0.05, 0.1) is 0 Å². The minimum Gasteiger partial charge on any atom is -0.279 e. The molecular weight excluding hydrogens is 310 g/mol. The number of carbonyl (C=O) groups is 1. The van der Waals surface area contributed by atoms with Crippen LogP contribution in [0, 0.1) is 6.92 Å². The van der Waals surface area contributed by atoms with Crippen LogP contribution in [0.15, 0.2) is 65.3 Å². The van der Waals surface area contributed by atoms with E-state index in [1.165, 1.54) is 22.9 Å². The molecule has 2 aromatic carbocycles. The zero-order valence-electron chi connectivity index (χ0n) is 12.2. The third-order valence-electron chi connectivity index (χ3n) is 3.19. The van der Waals surface area contributed by atoms with Crippen molar-refractivity contribution in [2.75, 3.05) is 0 Å². The highest BCUT2D eigenvalue weighted by Crippen LogP contribution is 2.32. The maximum Gasteiger partial charge on any atom is 0.244 e. The maximum absolute atomic E-state index is 12.0. The minimum absolute atomic E-state index is 0.0242. The first-order valence-corrected chi connectivity index (χ1v) is 8.77. The van der Waals surface area contributed by atoms with Crippen LogP contribution in [0.3, 0.4) is 0 Å². The summed E-state index contributed by atoms with van der Waals surface area (Å²) in [4.78, 5) is 16.5. The van der Waals surface area contributed by atoms with Gasteiger partial charge >= 0.3 is 0 Å². The monoisotopic (exact) mass is 325 g/mol. The Balaban J connectivity index is 1.70. The summed E-state index contributed by atoms with van der Waals surface area (Å²) in [5.41, 5.74) is 3.98. The number of thioether (sulfide) groups is 2. The van der Waals surface area contributed by atoms with Gasteiger partial charge < -0.3 is 0 Å². The molecule has 3 rings (SSSR count). The van der Waals surface area contributed by atoms with Crippen LogP contribution in [-0.4, -0.2) is 9.49 Å². The molecule has 0 saturated heterocycles. The van der Waals surface area contributed by atoms with E-state index >= 15 is 0 Å². The number of rotatable bonds is 3. The van der Waals surface area contributed by atoms with E-state index in [1.807, 2.05) is 55.5 Å². The van der Waals surface area contributed by atoms with E-state index in [-0.39, 0.29) is 5.12 Å². The number of hydrogen-bond acceptors (Lipinski definition) is 4. The van der Waals surface area contributed by atoms with E-state index in [4.69, 9.17) is 0 Å². The van der Waals surface area contributed by atoms with Gasteiger partial charge in [0.25, 0.3) is 0 Å². The molecule has 0 bridgehead atoms. The van der Waals surface area contributed by atoms with Gasteiger partial charge in [-0.2, -0.15) is 0 Å². The minimum atomic E-state index is 0.0242. The summed E-state index contributed by atoms with van der Waals surface area (Å²) in [7, 11) is 0. The van der Waals surface area contributed by atoms with Crippen molar-refractivity contribution in [2.45, 2.75) is 12.7 Å². The second-order valence-corrected chi connectivity index (χ2v) is 7.17. The van der Waals surface area contributed by atoms with Crippen molar-refractivity contribution in [1.29, 1.82) is 0 Å². The van der Waals surface area contributed by atoms with Crippen molar-refractivity contribution in [3.8, 4) is 0 Å². The first kappa shape index (κ1) is 15.1. The van der Waals surface area contributed by atoms with E-state index in [0.717, 1.165) is 15.7 Å². The molecule has 4 heteroatoms. The summed E-state index contributed by atoms with van der Waals surface area (Å²) in [6, 6.07) is 18.3. The molecule has 0 saturated carbocycles. The highest BCUT2D eigenvalue weighted by Gasteiger charge is 2.22. The summed E-state index contributed by atoms with van der Waals surface area (Å²) in [5, 5.41) is 0.0242. The predicted octanol–water partition coefficient (Wildman–Crippen LogP) is 4.90. The topological polar surface area (TPSA) is 29.4 Å². The smallest absolute Gasteiger partial charge is 0.244 e. The Hall–Kier alpha value is -1.78. The molecule has 2 nitrogen and oxygen atoms in total. The molecule has 0 amide bonds. The van der Waals surface area contributed by atoms with Crippen molar-refractivity contribution in [2.24, 2.45) is 4.99 Å². The Morgan fingerprint density at radius 1 is 1.09 bits per heavy atom. The van der Waals surface area contributed by atoms with Crippen LogP contribution < -0.4 is 0 Å². The van der Waals surface area contributed by atoms with Crippen LogP contribution in [0.2, 0.25) is 0 Å². The van der Waals surface area contributed by atoms with E-state index in [1.54, 1.807) is 11.8 Å². The van der Waals surface area contributed by atoms with E-state index in [9.17, 15) is 4.79 Å². The number of aryl methyl sites for hydroxylation is 1. The first-order valence-electron chi connectivity index (χ1n) is 6.97. The summed E-state index contributed by atoms with van der Waals surface area (Å²) in [6.45, 7) is 2.05. The van der Waals surface area contributed by atoms with Gasteiger partial charge in [0.1, 0.15) is 10.1 Å². The Kier molecular flexibility index (Phi) is 4.80. The molecule has 1 aliphatic heterocycles. The maximum atomic E-state index is 12.0. The lowest BCUT2D eigenvalue weighted by Gasteiger charge is -1.98. The highest BCUT2D eigenvalue weighted by atomic mass is 32.2. The molecule has 0 fully saturated rings. The van der Waals surface area contributed by atoms with Crippen LogP contribution in [0.5, 0.6) is 0 Å². The van der Waals surface area contributed by atoms with Gasteiger partial charge in [-0.15, -0.1) is 0 Å². The SMILES string of the molecule is Cc1ccc(/C=C2\N=C(SCc3ccccc3)SC2=O)cc1. The zero-order chi connectivity index (χ0) is 15.4. The van der Waals surface area contributed by atoms with Gasteiger partial charge in [-0.3, -0.25) is 4.79 Å². The van der Waals surface area contributed by atoms with Crippen LogP contribution >= 0.6 is 23.5 Å². The lowest BCUT2D eigenvalue weighted by molar-refractivity contribution is -0.107. The fourth-order valence-electron chi connectivity index (χ4n) is 1.99. The lowest BCUT2D eigenvalue weighted by Crippen LogP contribution is -1.88. The first-order chi connectivity index (χ1) is 10.7. The number of hydrogen-bond donors (Lipinski definition) is 0. The summed E-state index contributed by atoms with van der Waals surface area (Å²) in [5.74, 6) is 0.831. The molecule has 0 aliphatic carbocycles. The van der Waals surface area contributed by atoms with Crippen LogP contribution in [0.25, 0.3) is 6.08 Å². The lowest BCUT2D eigenvalue weighted by atomic mass is 10.1. The molecule has 1 aliphatic rings. The number of carbonyl (C=O) groups excluding carboxylic acids is 1. The molecule has 0 N–H and O–H groups in total. The number of benzene rings is 2. The highest BCUT2D eigenvalue weighted by molar-refractivity contribution is 8.45. The van der Waals surface area contributed by atoms with Gasteiger partial charge in [0.2, 0.25) is 5.12 Å². The summed E-state index contributed by atoms with van der Waals surface area (Å²) < 4.78 is 0.826. The number of nitrogens with zero attached hydrogens (tertiary/aromatic N) is 1. The molecule has 1 heterocycles. The largest absolute Gasteiger partial charge is 0.279 e. The summed E-state index contributed by atoms with van der Waals surface area (Å²) in [6.07, 6.45) is 1.85. The van der Waals surface area contributed by atoms with E-state index < -0.39 is 0 Å². The molecule has 0 atom stereocenters. The molecule has 22 heavy (non-hydrogen) atoms. The average molecular weight is 325 g/mol. The van der Waals surface area contributed by atoms with Gasteiger partial charge in [-0.1, -0.05) is 71.9 Å². The average Bonchev–Trinajstić information content (AvgIpc) is 2.89. The van der Waals surface area contributed by atoms with Gasteiger partial charge in [0.15, 0.2) is 0 Å². The van der Waals surface area contributed by atoms with Crippen LogP contribution in [-0.2, 0) is 10.5 Å². The zero-order valence-corrected chi connectivity index (χ0v) is 13.8. The molecule has 0 spiro atoms. The van der Waals surface area contributed by atoms with Crippen molar-refractivity contribution >= 4 is 39.1 Å². The van der Waals surface area contributed by atoms with Crippen molar-refractivity contribution in [1.82, 2.24) is 0 Å². The van der Waals surface area contributed by atoms with Gasteiger partial charge in [-0.25, -0.2) is 4.99 Å². The molecule has 0 radical (unpaired) electrons. The van der Waals surface area contributed by atoms with Gasteiger partial charge in [0, 0.05) is 5.75 Å². The Morgan fingerprint density at radius 2 is 1.82 bits per heavy atom. The van der Waals surface area contributed by atoms with Gasteiger partial charge in [-0.05, 0) is 35.9 Å². The van der Waals surface area contributed by atoms with Crippen LogP contribution in [0.1, 0.15) is 16.7 Å². The molecular formula is C18H15NOS2. The summed E-state index contributed by atoms with van der Waals surface area (Å²) >= 11 is 2.83. The second kappa shape index (κ2) is 6.99. The Labute approximate surface area is 138 Å². The fourth-order valence-corrected chi connectivity index (χ4v) is 3.79. The predicted molar refractivity (Wildman–Crippen MR) is 96.9 cm³/mol. The van der Waals surface area contributed by atoms with Crippen LogP contribution in [0.4, 0.5) is 0 Å². The Bertz CT molecular complexity index is 733. The van der Waals surface area contributed by atoms with E-state index in [0.29, 0.717) is 5.70 Å². The third kappa shape index (κ3) is 3.90. The molecule has 2 aromatic rings. The molecule has 0 unspecified atom stereocenters. The Morgan fingerprint density at radius 3 is 2.55 bits per heavy atom. The molecule has 0 aromatic heterocycles.